The first-order valence-electron chi connectivity index (χ1n) is 8.31. The summed E-state index contributed by atoms with van der Waals surface area (Å²) in [7, 11) is 0. The Labute approximate surface area is 124 Å². The molecule has 1 N–H and O–H groups in total. The van der Waals surface area contributed by atoms with Crippen LogP contribution in [0.25, 0.3) is 0 Å². The Morgan fingerprint density at radius 3 is 2.30 bits per heavy atom. The number of rotatable bonds is 5. The highest BCUT2D eigenvalue weighted by Gasteiger charge is 2.26. The first kappa shape index (κ1) is 15.8. The standard InChI is InChI=1S/C16H30N4/c1-14(2)18-15(12-17)13-19-10-6-16(7-11-19)20-8-4-3-5-9-20/h14-16,18H,3-11,13H2,1-2H3. The molecule has 2 aliphatic heterocycles. The minimum absolute atomic E-state index is 0.0264. The van der Waals surface area contributed by atoms with Crippen molar-refractivity contribution in [2.24, 2.45) is 0 Å². The van der Waals surface area contributed by atoms with Gasteiger partial charge in [0.25, 0.3) is 0 Å². The van der Waals surface area contributed by atoms with E-state index in [1.165, 1.54) is 45.2 Å². The molecule has 1 atom stereocenters. The Kier molecular flexibility index (Phi) is 6.28. The van der Waals surface area contributed by atoms with E-state index in [4.69, 9.17) is 0 Å². The molecule has 2 saturated heterocycles. The van der Waals surface area contributed by atoms with E-state index in [1.807, 2.05) is 0 Å². The lowest BCUT2D eigenvalue weighted by Crippen LogP contribution is -2.50. The van der Waals surface area contributed by atoms with Gasteiger partial charge in [0.15, 0.2) is 0 Å². The van der Waals surface area contributed by atoms with Crippen LogP contribution in [0.2, 0.25) is 0 Å². The highest BCUT2D eigenvalue weighted by atomic mass is 15.2. The normalized spacial score (nSPS) is 24.7. The van der Waals surface area contributed by atoms with Crippen LogP contribution in [0, 0.1) is 11.3 Å². The predicted octanol–water partition coefficient (Wildman–Crippen LogP) is 1.83. The van der Waals surface area contributed by atoms with Crippen molar-refractivity contribution in [3.05, 3.63) is 0 Å². The van der Waals surface area contributed by atoms with E-state index in [-0.39, 0.29) is 6.04 Å². The SMILES string of the molecule is CC(C)NC(C#N)CN1CCC(N2CCCCC2)CC1. The van der Waals surface area contributed by atoms with Gasteiger partial charge in [-0.05, 0) is 65.7 Å². The molecule has 1 unspecified atom stereocenters. The number of nitrogens with one attached hydrogen (secondary N) is 1. The van der Waals surface area contributed by atoms with Crippen LogP contribution in [0.1, 0.15) is 46.0 Å². The van der Waals surface area contributed by atoms with Gasteiger partial charge in [0.05, 0.1) is 6.07 Å². The quantitative estimate of drug-likeness (QED) is 0.833. The Balaban J connectivity index is 1.72. The lowest BCUT2D eigenvalue weighted by Gasteiger charge is -2.40. The molecule has 2 fully saturated rings. The minimum atomic E-state index is -0.0264. The maximum Gasteiger partial charge on any atom is 0.108 e. The van der Waals surface area contributed by atoms with Gasteiger partial charge in [-0.2, -0.15) is 5.26 Å². The highest BCUT2D eigenvalue weighted by molar-refractivity contribution is 4.94. The van der Waals surface area contributed by atoms with Crippen LogP contribution in [0.3, 0.4) is 0 Å². The van der Waals surface area contributed by atoms with Crippen LogP contribution in [0.15, 0.2) is 0 Å². The zero-order chi connectivity index (χ0) is 14.4. The van der Waals surface area contributed by atoms with Gasteiger partial charge in [0.2, 0.25) is 0 Å². The third-order valence-electron chi connectivity index (χ3n) is 4.60. The van der Waals surface area contributed by atoms with Gasteiger partial charge in [-0.25, -0.2) is 0 Å². The van der Waals surface area contributed by atoms with Crippen molar-refractivity contribution < 1.29 is 0 Å². The first-order valence-corrected chi connectivity index (χ1v) is 8.31. The van der Waals surface area contributed by atoms with E-state index in [2.05, 4.69) is 35.0 Å². The Bertz CT molecular complexity index is 309. The largest absolute Gasteiger partial charge is 0.301 e. The molecule has 4 nitrogen and oxygen atoms in total. The molecule has 0 aliphatic carbocycles. The molecule has 0 saturated carbocycles. The average Bonchev–Trinajstić information content (AvgIpc) is 2.48. The number of likely N-dealkylation sites (tertiary alicyclic amines) is 2. The molecular weight excluding hydrogens is 248 g/mol. The van der Waals surface area contributed by atoms with E-state index in [1.54, 1.807) is 0 Å². The van der Waals surface area contributed by atoms with Crippen molar-refractivity contribution >= 4 is 0 Å². The number of nitrogens with zero attached hydrogens (tertiary/aromatic N) is 3. The maximum absolute atomic E-state index is 9.21. The summed E-state index contributed by atoms with van der Waals surface area (Å²) < 4.78 is 0. The predicted molar refractivity (Wildman–Crippen MR) is 82.6 cm³/mol. The number of hydrogen-bond donors (Lipinski definition) is 1. The van der Waals surface area contributed by atoms with Crippen LogP contribution in [-0.4, -0.2) is 60.6 Å². The van der Waals surface area contributed by atoms with E-state index >= 15 is 0 Å². The summed E-state index contributed by atoms with van der Waals surface area (Å²) >= 11 is 0. The second-order valence-electron chi connectivity index (χ2n) is 6.63. The van der Waals surface area contributed by atoms with Gasteiger partial charge in [-0.15, -0.1) is 0 Å². The van der Waals surface area contributed by atoms with E-state index in [9.17, 15) is 5.26 Å². The molecule has 0 aromatic heterocycles. The second kappa shape index (κ2) is 7.97. The molecule has 20 heavy (non-hydrogen) atoms. The molecule has 0 bridgehead atoms. The molecule has 0 aromatic rings. The summed E-state index contributed by atoms with van der Waals surface area (Å²) in [6.07, 6.45) is 6.74. The zero-order valence-electron chi connectivity index (χ0n) is 13.1. The van der Waals surface area contributed by atoms with Gasteiger partial charge in [0, 0.05) is 18.6 Å². The fourth-order valence-corrected chi connectivity index (χ4v) is 3.54. The molecule has 0 aromatic carbocycles. The fraction of sp³-hybridized carbons (Fsp3) is 0.938. The number of piperidine rings is 2. The summed E-state index contributed by atoms with van der Waals surface area (Å²) in [5.41, 5.74) is 0. The maximum atomic E-state index is 9.21. The molecule has 4 heteroatoms. The van der Waals surface area contributed by atoms with Crippen LogP contribution in [-0.2, 0) is 0 Å². The van der Waals surface area contributed by atoms with Crippen LogP contribution in [0.4, 0.5) is 0 Å². The van der Waals surface area contributed by atoms with Crippen LogP contribution < -0.4 is 5.32 Å². The molecule has 2 aliphatic rings. The highest BCUT2D eigenvalue weighted by Crippen LogP contribution is 2.20. The van der Waals surface area contributed by atoms with E-state index in [0.717, 1.165) is 25.7 Å². The van der Waals surface area contributed by atoms with Crippen molar-refractivity contribution in [1.29, 1.82) is 5.26 Å². The van der Waals surface area contributed by atoms with Gasteiger partial charge >= 0.3 is 0 Å². The molecule has 0 radical (unpaired) electrons. The van der Waals surface area contributed by atoms with Crippen molar-refractivity contribution in [2.45, 2.75) is 64.1 Å². The van der Waals surface area contributed by atoms with E-state index in [0.29, 0.717) is 6.04 Å². The molecule has 0 amide bonds. The second-order valence-corrected chi connectivity index (χ2v) is 6.63. The van der Waals surface area contributed by atoms with Gasteiger partial charge < -0.3 is 9.80 Å². The van der Waals surface area contributed by atoms with Gasteiger partial charge in [0.1, 0.15) is 6.04 Å². The van der Waals surface area contributed by atoms with Crippen molar-refractivity contribution in [3.8, 4) is 6.07 Å². The molecule has 2 rings (SSSR count). The minimum Gasteiger partial charge on any atom is -0.301 e. The van der Waals surface area contributed by atoms with E-state index < -0.39 is 0 Å². The lowest BCUT2D eigenvalue weighted by molar-refractivity contribution is 0.0902. The molecule has 0 spiro atoms. The Morgan fingerprint density at radius 2 is 1.75 bits per heavy atom. The molecule has 2 heterocycles. The van der Waals surface area contributed by atoms with Gasteiger partial charge in [-0.1, -0.05) is 6.42 Å². The zero-order valence-corrected chi connectivity index (χ0v) is 13.1. The lowest BCUT2D eigenvalue weighted by atomic mass is 9.99. The van der Waals surface area contributed by atoms with Crippen molar-refractivity contribution in [1.82, 2.24) is 15.1 Å². The Hall–Kier alpha value is -0.630. The Morgan fingerprint density at radius 1 is 1.10 bits per heavy atom. The number of hydrogen-bond acceptors (Lipinski definition) is 4. The summed E-state index contributed by atoms with van der Waals surface area (Å²) in [6.45, 7) is 10.0. The van der Waals surface area contributed by atoms with Crippen LogP contribution in [0.5, 0.6) is 0 Å². The summed E-state index contributed by atoms with van der Waals surface area (Å²) in [5.74, 6) is 0. The smallest absolute Gasteiger partial charge is 0.108 e. The number of nitriles is 1. The van der Waals surface area contributed by atoms with Crippen LogP contribution >= 0.6 is 0 Å². The molecular formula is C16H30N4. The first-order chi connectivity index (χ1) is 9.69. The van der Waals surface area contributed by atoms with Gasteiger partial charge in [-0.3, -0.25) is 5.32 Å². The topological polar surface area (TPSA) is 42.3 Å². The van der Waals surface area contributed by atoms with Crippen molar-refractivity contribution in [2.75, 3.05) is 32.7 Å². The average molecular weight is 278 g/mol. The third-order valence-corrected chi connectivity index (χ3v) is 4.60. The summed E-state index contributed by atoms with van der Waals surface area (Å²) in [5, 5.41) is 12.6. The fourth-order valence-electron chi connectivity index (χ4n) is 3.54. The summed E-state index contributed by atoms with van der Waals surface area (Å²) in [4.78, 5) is 5.17. The summed E-state index contributed by atoms with van der Waals surface area (Å²) in [6, 6.07) is 3.54. The monoisotopic (exact) mass is 278 g/mol. The third kappa shape index (κ3) is 4.73. The van der Waals surface area contributed by atoms with Crippen molar-refractivity contribution in [3.63, 3.8) is 0 Å². The molecule has 114 valence electrons.